The lowest BCUT2D eigenvalue weighted by atomic mass is 10.1. The molecule has 0 aromatic heterocycles. The van der Waals surface area contributed by atoms with Gasteiger partial charge in [-0.05, 0) is 49.6 Å². The van der Waals surface area contributed by atoms with E-state index in [1.54, 1.807) is 32.4 Å². The zero-order valence-electron chi connectivity index (χ0n) is 15.4. The number of nitrogens with one attached hydrogen (secondary N) is 1. The Labute approximate surface area is 148 Å². The van der Waals surface area contributed by atoms with E-state index in [2.05, 4.69) is 5.32 Å². The van der Waals surface area contributed by atoms with E-state index < -0.39 is 6.10 Å². The maximum atomic E-state index is 12.6. The van der Waals surface area contributed by atoms with Crippen molar-refractivity contribution in [3.63, 3.8) is 0 Å². The highest BCUT2D eigenvalue weighted by Gasteiger charge is 2.21. The molecule has 2 rings (SSSR count). The number of aryl methyl sites for hydroxylation is 2. The van der Waals surface area contributed by atoms with Crippen LogP contribution in [0.3, 0.4) is 0 Å². The van der Waals surface area contributed by atoms with Crippen molar-refractivity contribution >= 4 is 11.6 Å². The molecular formula is C20H25NO4. The number of rotatable bonds is 7. The summed E-state index contributed by atoms with van der Waals surface area (Å²) in [5, 5.41) is 2.87. The Kier molecular flexibility index (Phi) is 6.28. The number of carbonyl (C=O) groups is 1. The Bertz CT molecular complexity index is 742. The molecule has 0 aliphatic carbocycles. The normalized spacial score (nSPS) is 11.6. The second kappa shape index (κ2) is 8.42. The SMILES string of the molecule is CCC(Oc1cc(C)ccc1C)C(=O)Nc1ccc(OC)cc1OC. The van der Waals surface area contributed by atoms with Crippen LogP contribution < -0.4 is 19.5 Å². The highest BCUT2D eigenvalue weighted by Crippen LogP contribution is 2.29. The lowest BCUT2D eigenvalue weighted by Gasteiger charge is -2.20. The van der Waals surface area contributed by atoms with Crippen LogP contribution in [0.5, 0.6) is 17.2 Å². The smallest absolute Gasteiger partial charge is 0.265 e. The standard InChI is InChI=1S/C20H25NO4/c1-6-17(25-18-11-13(2)7-8-14(18)3)20(22)21-16-10-9-15(23-4)12-19(16)24-5/h7-12,17H,6H2,1-5H3,(H,21,22). The van der Waals surface area contributed by atoms with Crippen LogP contribution in [-0.4, -0.2) is 26.2 Å². The molecule has 0 heterocycles. The third-order valence-corrected chi connectivity index (χ3v) is 3.94. The zero-order chi connectivity index (χ0) is 18.4. The molecule has 5 nitrogen and oxygen atoms in total. The fraction of sp³-hybridized carbons (Fsp3) is 0.350. The highest BCUT2D eigenvalue weighted by molar-refractivity contribution is 5.95. The van der Waals surface area contributed by atoms with Gasteiger partial charge in [0, 0.05) is 6.07 Å². The summed E-state index contributed by atoms with van der Waals surface area (Å²) in [6.45, 7) is 5.88. The van der Waals surface area contributed by atoms with Crippen molar-refractivity contribution in [3.8, 4) is 17.2 Å². The number of carbonyl (C=O) groups excluding carboxylic acids is 1. The molecule has 2 aromatic rings. The van der Waals surface area contributed by atoms with Crippen molar-refractivity contribution in [1.29, 1.82) is 0 Å². The minimum Gasteiger partial charge on any atom is -0.497 e. The number of hydrogen-bond acceptors (Lipinski definition) is 4. The van der Waals surface area contributed by atoms with Gasteiger partial charge in [0.15, 0.2) is 6.10 Å². The summed E-state index contributed by atoms with van der Waals surface area (Å²) >= 11 is 0. The Hall–Kier alpha value is -2.69. The fourth-order valence-corrected chi connectivity index (χ4v) is 2.42. The van der Waals surface area contributed by atoms with Gasteiger partial charge in [-0.15, -0.1) is 0 Å². The molecule has 0 fully saturated rings. The minimum atomic E-state index is -0.590. The maximum Gasteiger partial charge on any atom is 0.265 e. The molecule has 0 aliphatic heterocycles. The topological polar surface area (TPSA) is 56.8 Å². The van der Waals surface area contributed by atoms with Crippen LogP contribution in [0, 0.1) is 13.8 Å². The number of methoxy groups -OCH3 is 2. The molecule has 2 aromatic carbocycles. The van der Waals surface area contributed by atoms with Crippen LogP contribution in [0.1, 0.15) is 24.5 Å². The molecule has 1 N–H and O–H groups in total. The third-order valence-electron chi connectivity index (χ3n) is 3.94. The van der Waals surface area contributed by atoms with E-state index in [4.69, 9.17) is 14.2 Å². The van der Waals surface area contributed by atoms with Crippen LogP contribution in [0.25, 0.3) is 0 Å². The number of ether oxygens (including phenoxy) is 3. The predicted molar refractivity (Wildman–Crippen MR) is 98.8 cm³/mol. The molecule has 1 atom stereocenters. The van der Waals surface area contributed by atoms with E-state index in [9.17, 15) is 4.79 Å². The van der Waals surface area contributed by atoms with Gasteiger partial charge in [0.25, 0.3) is 5.91 Å². The van der Waals surface area contributed by atoms with Crippen LogP contribution in [0.15, 0.2) is 36.4 Å². The van der Waals surface area contributed by atoms with E-state index in [1.165, 1.54) is 0 Å². The summed E-state index contributed by atoms with van der Waals surface area (Å²) in [6, 6.07) is 11.2. The third kappa shape index (κ3) is 4.66. The van der Waals surface area contributed by atoms with Gasteiger partial charge in [-0.1, -0.05) is 19.1 Å². The van der Waals surface area contributed by atoms with Gasteiger partial charge in [-0.3, -0.25) is 4.79 Å². The lowest BCUT2D eigenvalue weighted by molar-refractivity contribution is -0.122. The Balaban J connectivity index is 2.16. The Morgan fingerprint density at radius 1 is 1.04 bits per heavy atom. The first-order chi connectivity index (χ1) is 12.0. The van der Waals surface area contributed by atoms with Crippen molar-refractivity contribution in [2.75, 3.05) is 19.5 Å². The molecule has 25 heavy (non-hydrogen) atoms. The van der Waals surface area contributed by atoms with E-state index in [-0.39, 0.29) is 5.91 Å². The Morgan fingerprint density at radius 3 is 2.44 bits per heavy atom. The minimum absolute atomic E-state index is 0.216. The summed E-state index contributed by atoms with van der Waals surface area (Å²) in [5.74, 6) is 1.71. The average molecular weight is 343 g/mol. The van der Waals surface area contributed by atoms with E-state index in [1.807, 2.05) is 39.0 Å². The molecule has 0 radical (unpaired) electrons. The second-order valence-electron chi connectivity index (χ2n) is 5.84. The first-order valence-electron chi connectivity index (χ1n) is 8.25. The van der Waals surface area contributed by atoms with Gasteiger partial charge >= 0.3 is 0 Å². The van der Waals surface area contributed by atoms with Crippen molar-refractivity contribution in [3.05, 3.63) is 47.5 Å². The summed E-state index contributed by atoms with van der Waals surface area (Å²) in [5.41, 5.74) is 2.67. The highest BCUT2D eigenvalue weighted by atomic mass is 16.5. The molecule has 0 spiro atoms. The summed E-state index contributed by atoms with van der Waals surface area (Å²) in [7, 11) is 3.13. The molecule has 0 bridgehead atoms. The van der Waals surface area contributed by atoms with Crippen LogP contribution in [-0.2, 0) is 4.79 Å². The quantitative estimate of drug-likeness (QED) is 0.822. The molecule has 134 valence electrons. The van der Waals surface area contributed by atoms with Crippen molar-refractivity contribution < 1.29 is 19.0 Å². The van der Waals surface area contributed by atoms with Crippen molar-refractivity contribution in [2.24, 2.45) is 0 Å². The van der Waals surface area contributed by atoms with Crippen LogP contribution in [0.2, 0.25) is 0 Å². The summed E-state index contributed by atoms with van der Waals surface area (Å²) in [6.07, 6.45) is -0.0372. The van der Waals surface area contributed by atoms with E-state index in [0.29, 0.717) is 23.6 Å². The number of benzene rings is 2. The Morgan fingerprint density at radius 2 is 1.80 bits per heavy atom. The molecule has 0 saturated carbocycles. The van der Waals surface area contributed by atoms with E-state index >= 15 is 0 Å². The van der Waals surface area contributed by atoms with Gasteiger partial charge < -0.3 is 19.5 Å². The van der Waals surface area contributed by atoms with Crippen molar-refractivity contribution in [1.82, 2.24) is 0 Å². The largest absolute Gasteiger partial charge is 0.497 e. The molecular weight excluding hydrogens is 318 g/mol. The van der Waals surface area contributed by atoms with Gasteiger partial charge in [0.2, 0.25) is 0 Å². The lowest BCUT2D eigenvalue weighted by Crippen LogP contribution is -2.32. The molecule has 1 amide bonds. The van der Waals surface area contributed by atoms with Crippen molar-refractivity contribution in [2.45, 2.75) is 33.3 Å². The molecule has 1 unspecified atom stereocenters. The number of anilines is 1. The monoisotopic (exact) mass is 343 g/mol. The first-order valence-corrected chi connectivity index (χ1v) is 8.25. The second-order valence-corrected chi connectivity index (χ2v) is 5.84. The molecule has 5 heteroatoms. The number of amides is 1. The van der Waals surface area contributed by atoms with Gasteiger partial charge in [0.1, 0.15) is 17.2 Å². The van der Waals surface area contributed by atoms with Gasteiger partial charge in [0.05, 0.1) is 19.9 Å². The zero-order valence-corrected chi connectivity index (χ0v) is 15.4. The molecule has 0 aliphatic rings. The fourth-order valence-electron chi connectivity index (χ4n) is 2.42. The van der Waals surface area contributed by atoms with Gasteiger partial charge in [-0.2, -0.15) is 0 Å². The predicted octanol–water partition coefficient (Wildman–Crippen LogP) is 4.12. The molecule has 0 saturated heterocycles. The van der Waals surface area contributed by atoms with Crippen LogP contribution >= 0.6 is 0 Å². The number of hydrogen-bond donors (Lipinski definition) is 1. The van der Waals surface area contributed by atoms with Gasteiger partial charge in [-0.25, -0.2) is 0 Å². The summed E-state index contributed by atoms with van der Waals surface area (Å²) in [4.78, 5) is 12.6. The summed E-state index contributed by atoms with van der Waals surface area (Å²) < 4.78 is 16.4. The van der Waals surface area contributed by atoms with Crippen LogP contribution in [0.4, 0.5) is 5.69 Å². The average Bonchev–Trinajstić information content (AvgIpc) is 2.62. The van der Waals surface area contributed by atoms with E-state index in [0.717, 1.165) is 16.9 Å². The first kappa shape index (κ1) is 18.6. The maximum absolute atomic E-state index is 12.6.